The zero-order valence-electron chi connectivity index (χ0n) is 8.06. The quantitative estimate of drug-likeness (QED) is 0.743. The number of carbonyl (C=O) groups is 1. The third-order valence-electron chi connectivity index (χ3n) is 2.32. The molecule has 0 unspecified atom stereocenters. The molecule has 1 aromatic carbocycles. The molecule has 0 spiro atoms. The van der Waals surface area contributed by atoms with Crippen LogP contribution in [0.5, 0.6) is 5.75 Å². The van der Waals surface area contributed by atoms with Crippen molar-refractivity contribution in [3.05, 3.63) is 35.5 Å². The van der Waals surface area contributed by atoms with Gasteiger partial charge in [0.05, 0.1) is 11.1 Å². The van der Waals surface area contributed by atoms with Crippen molar-refractivity contribution in [3.8, 4) is 5.75 Å². The summed E-state index contributed by atoms with van der Waals surface area (Å²) in [6.07, 6.45) is 1.29. The molecule has 0 fully saturated rings. The summed E-state index contributed by atoms with van der Waals surface area (Å²) in [5, 5.41) is 18.9. The summed E-state index contributed by atoms with van der Waals surface area (Å²) in [5.41, 5.74) is 1.43. The molecule has 0 aliphatic heterocycles. The molecule has 0 saturated carbocycles. The Morgan fingerprint density at radius 1 is 1.40 bits per heavy atom. The molecule has 0 atom stereocenters. The Kier molecular flexibility index (Phi) is 2.04. The highest BCUT2D eigenvalue weighted by Crippen LogP contribution is 2.24. The van der Waals surface area contributed by atoms with E-state index in [9.17, 15) is 9.90 Å². The largest absolute Gasteiger partial charge is 0.508 e. The third kappa shape index (κ3) is 1.50. The zero-order chi connectivity index (χ0) is 11.0. The number of rotatable bonds is 1. The average Bonchev–Trinajstić information content (AvgIpc) is 2.23. The maximum Gasteiger partial charge on any atom is 0.337 e. The van der Waals surface area contributed by atoms with Crippen molar-refractivity contribution in [3.63, 3.8) is 0 Å². The van der Waals surface area contributed by atoms with E-state index in [0.717, 1.165) is 0 Å². The van der Waals surface area contributed by atoms with E-state index >= 15 is 0 Å². The van der Waals surface area contributed by atoms with Gasteiger partial charge in [0.25, 0.3) is 0 Å². The minimum atomic E-state index is -1.00. The number of phenols is 1. The fraction of sp³-hybridized carbons (Fsp3) is 0.0909. The highest BCUT2D eigenvalue weighted by molar-refractivity contribution is 5.93. The fourth-order valence-corrected chi connectivity index (χ4v) is 1.45. The molecule has 0 bridgehead atoms. The number of aromatic nitrogens is 1. The van der Waals surface area contributed by atoms with Gasteiger partial charge in [-0.3, -0.25) is 4.98 Å². The Balaban J connectivity index is 2.75. The molecule has 2 N–H and O–H groups in total. The Morgan fingerprint density at radius 3 is 2.80 bits per heavy atom. The van der Waals surface area contributed by atoms with E-state index in [-0.39, 0.29) is 11.3 Å². The van der Waals surface area contributed by atoms with Gasteiger partial charge in [-0.1, -0.05) is 0 Å². The van der Waals surface area contributed by atoms with Gasteiger partial charge >= 0.3 is 5.97 Å². The molecule has 15 heavy (non-hydrogen) atoms. The molecule has 0 aliphatic carbocycles. The van der Waals surface area contributed by atoms with Crippen molar-refractivity contribution in [2.75, 3.05) is 0 Å². The number of nitrogens with zero attached hydrogens (tertiary/aromatic N) is 1. The number of hydrogen-bond donors (Lipinski definition) is 2. The van der Waals surface area contributed by atoms with E-state index in [4.69, 9.17) is 5.11 Å². The maximum atomic E-state index is 10.7. The maximum absolute atomic E-state index is 10.7. The Labute approximate surface area is 85.8 Å². The highest BCUT2D eigenvalue weighted by atomic mass is 16.4. The molecular formula is C11H9NO3. The lowest BCUT2D eigenvalue weighted by Crippen LogP contribution is -1.97. The van der Waals surface area contributed by atoms with Crippen LogP contribution in [0.1, 0.15) is 15.9 Å². The van der Waals surface area contributed by atoms with Gasteiger partial charge in [-0.15, -0.1) is 0 Å². The van der Waals surface area contributed by atoms with Crippen LogP contribution in [-0.2, 0) is 0 Å². The number of aromatic carboxylic acids is 1. The normalized spacial score (nSPS) is 10.5. The van der Waals surface area contributed by atoms with E-state index in [0.29, 0.717) is 16.5 Å². The minimum Gasteiger partial charge on any atom is -0.508 e. The number of hydrogen-bond acceptors (Lipinski definition) is 3. The number of aromatic hydroxyl groups is 1. The van der Waals surface area contributed by atoms with Gasteiger partial charge < -0.3 is 10.2 Å². The Morgan fingerprint density at radius 2 is 2.13 bits per heavy atom. The SMILES string of the molecule is Cc1c(O)ccc2cc(C(=O)O)cnc12. The molecule has 0 amide bonds. The summed E-state index contributed by atoms with van der Waals surface area (Å²) in [5.74, 6) is -0.840. The first-order valence-electron chi connectivity index (χ1n) is 4.41. The van der Waals surface area contributed by atoms with Gasteiger partial charge in [0, 0.05) is 17.1 Å². The molecule has 1 heterocycles. The van der Waals surface area contributed by atoms with Gasteiger partial charge in [-0.2, -0.15) is 0 Å². The second-order valence-electron chi connectivity index (χ2n) is 3.31. The lowest BCUT2D eigenvalue weighted by atomic mass is 10.1. The second kappa shape index (κ2) is 3.24. The van der Waals surface area contributed by atoms with E-state index in [1.165, 1.54) is 18.3 Å². The van der Waals surface area contributed by atoms with Crippen LogP contribution in [0.2, 0.25) is 0 Å². The number of phenolic OH excluding ortho intramolecular Hbond substituents is 1. The van der Waals surface area contributed by atoms with Crippen molar-refractivity contribution in [1.29, 1.82) is 0 Å². The van der Waals surface area contributed by atoms with Crippen molar-refractivity contribution in [2.45, 2.75) is 6.92 Å². The Bertz CT molecular complexity index is 549. The molecular weight excluding hydrogens is 194 g/mol. The number of benzene rings is 1. The molecule has 2 rings (SSSR count). The van der Waals surface area contributed by atoms with Crippen molar-refractivity contribution >= 4 is 16.9 Å². The number of carboxylic acid groups (broad SMARTS) is 1. The second-order valence-corrected chi connectivity index (χ2v) is 3.31. The van der Waals surface area contributed by atoms with Crippen LogP contribution in [-0.4, -0.2) is 21.2 Å². The van der Waals surface area contributed by atoms with E-state index in [1.54, 1.807) is 13.0 Å². The number of pyridine rings is 1. The Hall–Kier alpha value is -2.10. The van der Waals surface area contributed by atoms with Gasteiger partial charge in [-0.25, -0.2) is 4.79 Å². The molecule has 0 saturated heterocycles. The molecule has 1 aromatic heterocycles. The summed E-state index contributed by atoms with van der Waals surface area (Å²) < 4.78 is 0. The van der Waals surface area contributed by atoms with Crippen molar-refractivity contribution in [2.24, 2.45) is 0 Å². The first kappa shape index (κ1) is 9.45. The summed E-state index contributed by atoms with van der Waals surface area (Å²) in [4.78, 5) is 14.7. The molecule has 4 nitrogen and oxygen atoms in total. The summed E-state index contributed by atoms with van der Waals surface area (Å²) in [7, 11) is 0. The van der Waals surface area contributed by atoms with E-state index in [2.05, 4.69) is 4.98 Å². The minimum absolute atomic E-state index is 0.146. The number of aryl methyl sites for hydroxylation is 1. The van der Waals surface area contributed by atoms with E-state index in [1.807, 2.05) is 0 Å². The summed E-state index contributed by atoms with van der Waals surface area (Å²) in [6, 6.07) is 4.72. The highest BCUT2D eigenvalue weighted by Gasteiger charge is 2.07. The van der Waals surface area contributed by atoms with Crippen molar-refractivity contribution < 1.29 is 15.0 Å². The van der Waals surface area contributed by atoms with Crippen LogP contribution in [0, 0.1) is 6.92 Å². The lowest BCUT2D eigenvalue weighted by molar-refractivity contribution is 0.0696. The fourth-order valence-electron chi connectivity index (χ4n) is 1.45. The van der Waals surface area contributed by atoms with Crippen LogP contribution in [0.4, 0.5) is 0 Å². The number of fused-ring (bicyclic) bond motifs is 1. The predicted octanol–water partition coefficient (Wildman–Crippen LogP) is 1.95. The van der Waals surface area contributed by atoms with Crippen LogP contribution in [0.25, 0.3) is 10.9 Å². The first-order valence-corrected chi connectivity index (χ1v) is 4.41. The number of carboxylic acids is 1. The van der Waals surface area contributed by atoms with Crippen LogP contribution in [0.15, 0.2) is 24.4 Å². The smallest absolute Gasteiger partial charge is 0.337 e. The standard InChI is InChI=1S/C11H9NO3/c1-6-9(13)3-2-7-4-8(11(14)15)5-12-10(6)7/h2-5,13H,1H3,(H,14,15). The van der Waals surface area contributed by atoms with Gasteiger partial charge in [0.1, 0.15) is 5.75 Å². The zero-order valence-corrected chi connectivity index (χ0v) is 8.06. The monoisotopic (exact) mass is 203 g/mol. The topological polar surface area (TPSA) is 70.4 Å². The third-order valence-corrected chi connectivity index (χ3v) is 2.32. The van der Waals surface area contributed by atoms with Gasteiger partial charge in [0.15, 0.2) is 0 Å². The molecule has 0 aliphatic rings. The molecule has 0 radical (unpaired) electrons. The first-order chi connectivity index (χ1) is 7.09. The summed E-state index contributed by atoms with van der Waals surface area (Å²) in [6.45, 7) is 1.74. The van der Waals surface area contributed by atoms with Crippen LogP contribution in [0.3, 0.4) is 0 Å². The van der Waals surface area contributed by atoms with Gasteiger partial charge in [-0.05, 0) is 25.1 Å². The predicted molar refractivity (Wildman–Crippen MR) is 55.1 cm³/mol. The molecule has 76 valence electrons. The molecule has 4 heteroatoms. The average molecular weight is 203 g/mol. The van der Waals surface area contributed by atoms with Crippen LogP contribution < -0.4 is 0 Å². The van der Waals surface area contributed by atoms with Crippen LogP contribution >= 0.6 is 0 Å². The molecule has 2 aromatic rings. The lowest BCUT2D eigenvalue weighted by Gasteiger charge is -2.04. The van der Waals surface area contributed by atoms with Crippen molar-refractivity contribution in [1.82, 2.24) is 4.98 Å². The van der Waals surface area contributed by atoms with Gasteiger partial charge in [0.2, 0.25) is 0 Å². The van der Waals surface area contributed by atoms with E-state index < -0.39 is 5.97 Å². The summed E-state index contributed by atoms with van der Waals surface area (Å²) >= 11 is 0.